The Labute approximate surface area is 208 Å². The Balaban J connectivity index is 1.42. The molecule has 0 N–H and O–H groups in total. The second-order valence-corrected chi connectivity index (χ2v) is 9.21. The van der Waals surface area contributed by atoms with Gasteiger partial charge in [0.25, 0.3) is 5.91 Å². The Hall–Kier alpha value is -3.97. The number of nitrogens with zero attached hydrogens (tertiary/aromatic N) is 4. The fourth-order valence-electron chi connectivity index (χ4n) is 3.88. The monoisotopic (exact) mass is 482 g/mol. The fourth-order valence-corrected chi connectivity index (χ4v) is 4.93. The quantitative estimate of drug-likeness (QED) is 0.238. The van der Waals surface area contributed by atoms with Crippen molar-refractivity contribution in [2.45, 2.75) is 26.3 Å². The van der Waals surface area contributed by atoms with E-state index in [1.165, 1.54) is 5.56 Å². The zero-order valence-corrected chi connectivity index (χ0v) is 20.3. The maximum absolute atomic E-state index is 13.8. The Bertz CT molecular complexity index is 1410. The van der Waals surface area contributed by atoms with Gasteiger partial charge in [-0.3, -0.25) is 9.69 Å². The molecule has 0 aliphatic rings. The van der Waals surface area contributed by atoms with Gasteiger partial charge < -0.3 is 9.30 Å². The number of carbonyl (C=O) groups is 1. The molecule has 3 aromatic carbocycles. The number of ether oxygens (including phenoxy) is 1. The van der Waals surface area contributed by atoms with E-state index in [1.807, 2.05) is 65.4 Å². The number of hydrogen-bond donors (Lipinski definition) is 0. The zero-order chi connectivity index (χ0) is 24.0. The highest BCUT2D eigenvalue weighted by atomic mass is 32.1. The van der Waals surface area contributed by atoms with Gasteiger partial charge in [0, 0.05) is 31.0 Å². The Morgan fingerprint density at radius 1 is 1.03 bits per heavy atom. The van der Waals surface area contributed by atoms with Crippen LogP contribution in [0.2, 0.25) is 0 Å². The van der Waals surface area contributed by atoms with Crippen molar-refractivity contribution in [2.75, 3.05) is 11.4 Å². The number of benzene rings is 3. The summed E-state index contributed by atoms with van der Waals surface area (Å²) in [5.74, 6) is 1.26. The van der Waals surface area contributed by atoms with Crippen LogP contribution in [-0.2, 0) is 13.0 Å². The van der Waals surface area contributed by atoms with E-state index >= 15 is 0 Å². The molecule has 176 valence electrons. The molecule has 5 rings (SSSR count). The number of anilines is 1. The summed E-state index contributed by atoms with van der Waals surface area (Å²) < 4.78 is 9.07. The molecule has 5 aromatic rings. The lowest BCUT2D eigenvalue weighted by molar-refractivity contribution is 0.0986. The molecule has 0 spiro atoms. The lowest BCUT2D eigenvalue weighted by atomic mass is 10.2. The third-order valence-electron chi connectivity index (χ3n) is 5.74. The van der Waals surface area contributed by atoms with Crippen LogP contribution in [0.1, 0.15) is 29.3 Å². The number of carbonyl (C=O) groups excluding carboxylic acids is 1. The van der Waals surface area contributed by atoms with Crippen LogP contribution in [0, 0.1) is 0 Å². The van der Waals surface area contributed by atoms with E-state index in [9.17, 15) is 4.79 Å². The molecule has 0 saturated carbocycles. The first kappa shape index (κ1) is 22.8. The maximum Gasteiger partial charge on any atom is 0.260 e. The summed E-state index contributed by atoms with van der Waals surface area (Å²) in [7, 11) is 0. The van der Waals surface area contributed by atoms with Crippen molar-refractivity contribution in [2.24, 2.45) is 0 Å². The predicted molar refractivity (Wildman–Crippen MR) is 140 cm³/mol. The topological polar surface area (TPSA) is 60.2 Å². The second kappa shape index (κ2) is 10.5. The predicted octanol–water partition coefficient (Wildman–Crippen LogP) is 6.58. The number of rotatable bonds is 9. The Morgan fingerprint density at radius 3 is 2.69 bits per heavy atom. The van der Waals surface area contributed by atoms with Gasteiger partial charge in [0.1, 0.15) is 11.5 Å². The van der Waals surface area contributed by atoms with Gasteiger partial charge >= 0.3 is 0 Å². The van der Waals surface area contributed by atoms with Gasteiger partial charge in [-0.1, -0.05) is 48.6 Å². The van der Waals surface area contributed by atoms with Gasteiger partial charge in [-0.15, -0.1) is 0 Å². The van der Waals surface area contributed by atoms with E-state index in [2.05, 4.69) is 24.0 Å². The average Bonchev–Trinajstić information content (AvgIpc) is 3.56. The average molecular weight is 483 g/mol. The molecule has 0 aliphatic carbocycles. The lowest BCUT2D eigenvalue weighted by Gasteiger charge is -2.20. The van der Waals surface area contributed by atoms with Crippen molar-refractivity contribution < 1.29 is 9.53 Å². The van der Waals surface area contributed by atoms with Gasteiger partial charge in [0.15, 0.2) is 5.13 Å². The molecule has 0 radical (unpaired) electrons. The van der Waals surface area contributed by atoms with Crippen LogP contribution >= 0.6 is 11.3 Å². The van der Waals surface area contributed by atoms with Crippen LogP contribution in [-0.4, -0.2) is 27.0 Å². The fraction of sp³-hybridized carbons (Fsp3) is 0.179. The Kier molecular flexibility index (Phi) is 6.86. The van der Waals surface area contributed by atoms with Crippen LogP contribution < -0.4 is 9.64 Å². The number of para-hydroxylation sites is 1. The molecule has 2 aromatic heterocycles. The van der Waals surface area contributed by atoms with Crippen LogP contribution in [0.25, 0.3) is 10.2 Å². The SMILES string of the molecule is CCc1ccc2nc(N(CCCn3ccnc3)C(=O)c3cccc(Oc4ccccc4)c3)sc2c1. The number of imidazole rings is 1. The maximum atomic E-state index is 13.8. The zero-order valence-electron chi connectivity index (χ0n) is 19.5. The number of amides is 1. The van der Waals surface area contributed by atoms with Gasteiger partial charge in [-0.05, 0) is 60.9 Å². The largest absolute Gasteiger partial charge is 0.457 e. The summed E-state index contributed by atoms with van der Waals surface area (Å²) >= 11 is 1.56. The van der Waals surface area contributed by atoms with Gasteiger partial charge in [-0.2, -0.15) is 0 Å². The van der Waals surface area contributed by atoms with Crippen LogP contribution in [0.5, 0.6) is 11.5 Å². The highest BCUT2D eigenvalue weighted by Gasteiger charge is 2.22. The van der Waals surface area contributed by atoms with E-state index in [0.29, 0.717) is 23.0 Å². The van der Waals surface area contributed by atoms with Crippen LogP contribution in [0.4, 0.5) is 5.13 Å². The molecule has 6 nitrogen and oxygen atoms in total. The lowest BCUT2D eigenvalue weighted by Crippen LogP contribution is -2.32. The van der Waals surface area contributed by atoms with Crippen molar-refractivity contribution in [1.82, 2.24) is 14.5 Å². The number of aromatic nitrogens is 3. The minimum atomic E-state index is -0.0936. The normalized spacial score (nSPS) is 11.0. The van der Waals surface area contributed by atoms with Gasteiger partial charge in [-0.25, -0.2) is 9.97 Å². The van der Waals surface area contributed by atoms with Crippen molar-refractivity contribution in [3.05, 3.63) is 103 Å². The first-order chi connectivity index (χ1) is 17.2. The minimum Gasteiger partial charge on any atom is -0.457 e. The van der Waals surface area contributed by atoms with Crippen LogP contribution in [0.15, 0.2) is 91.5 Å². The molecular formula is C28H26N4O2S. The minimum absolute atomic E-state index is 0.0936. The summed E-state index contributed by atoms with van der Waals surface area (Å²) in [5, 5.41) is 0.707. The molecule has 0 bridgehead atoms. The molecule has 0 saturated heterocycles. The Morgan fingerprint density at radius 2 is 1.89 bits per heavy atom. The number of hydrogen-bond acceptors (Lipinski definition) is 5. The molecule has 1 amide bonds. The van der Waals surface area contributed by atoms with E-state index < -0.39 is 0 Å². The molecule has 0 unspecified atom stereocenters. The first-order valence-corrected chi connectivity index (χ1v) is 12.5. The van der Waals surface area contributed by atoms with E-state index in [0.717, 1.165) is 35.4 Å². The standard InChI is InChI=1S/C28H26N4O2S/c1-2-21-12-13-25-26(18-21)35-28(30-25)32(16-7-15-31-17-14-29-20-31)27(33)22-8-6-11-24(19-22)34-23-9-4-3-5-10-23/h3-6,8-14,17-20H,2,7,15-16H2,1H3. The smallest absolute Gasteiger partial charge is 0.260 e. The number of thiazole rings is 1. The van der Waals surface area contributed by atoms with E-state index in [1.54, 1.807) is 34.8 Å². The molecule has 0 atom stereocenters. The summed E-state index contributed by atoms with van der Waals surface area (Å²) in [4.78, 5) is 24.5. The summed E-state index contributed by atoms with van der Waals surface area (Å²) in [5.41, 5.74) is 2.74. The highest BCUT2D eigenvalue weighted by molar-refractivity contribution is 7.22. The van der Waals surface area contributed by atoms with Crippen molar-refractivity contribution in [3.63, 3.8) is 0 Å². The molecule has 7 heteroatoms. The molecule has 35 heavy (non-hydrogen) atoms. The molecule has 0 aliphatic heterocycles. The number of fused-ring (bicyclic) bond motifs is 1. The number of aryl methyl sites for hydroxylation is 2. The third kappa shape index (κ3) is 5.41. The van der Waals surface area contributed by atoms with E-state index in [4.69, 9.17) is 9.72 Å². The second-order valence-electron chi connectivity index (χ2n) is 8.21. The molecule has 0 fully saturated rings. The molecular weight excluding hydrogens is 456 g/mol. The van der Waals surface area contributed by atoms with Crippen molar-refractivity contribution in [3.8, 4) is 11.5 Å². The van der Waals surface area contributed by atoms with Gasteiger partial charge in [0.05, 0.1) is 16.5 Å². The third-order valence-corrected chi connectivity index (χ3v) is 6.78. The summed E-state index contributed by atoms with van der Waals surface area (Å²) in [6, 6.07) is 23.2. The van der Waals surface area contributed by atoms with E-state index in [-0.39, 0.29) is 5.91 Å². The highest BCUT2D eigenvalue weighted by Crippen LogP contribution is 2.31. The van der Waals surface area contributed by atoms with Crippen molar-refractivity contribution in [1.29, 1.82) is 0 Å². The summed E-state index contributed by atoms with van der Waals surface area (Å²) in [6.07, 6.45) is 7.23. The first-order valence-electron chi connectivity index (χ1n) is 11.7. The van der Waals surface area contributed by atoms with Gasteiger partial charge in [0.2, 0.25) is 0 Å². The van der Waals surface area contributed by atoms with Crippen molar-refractivity contribution >= 4 is 32.6 Å². The van der Waals surface area contributed by atoms with Crippen LogP contribution in [0.3, 0.4) is 0 Å². The summed E-state index contributed by atoms with van der Waals surface area (Å²) in [6.45, 7) is 3.45. The molecule has 2 heterocycles.